The van der Waals surface area contributed by atoms with Gasteiger partial charge in [0.05, 0.1) is 19.8 Å². The zero-order chi connectivity index (χ0) is 19.5. The number of rotatable bonds is 12. The zero-order valence-electron chi connectivity index (χ0n) is 16.7. The number of aliphatic hydroxyl groups is 1. The van der Waals surface area contributed by atoms with Crippen LogP contribution in [0.5, 0.6) is 0 Å². The fourth-order valence-corrected chi connectivity index (χ4v) is 3.58. The Morgan fingerprint density at radius 1 is 1.12 bits per heavy atom. The fraction of sp³-hybridized carbons (Fsp3) is 0.895. The van der Waals surface area contributed by atoms with E-state index in [4.69, 9.17) is 15.6 Å². The van der Waals surface area contributed by atoms with Crippen molar-refractivity contribution in [3.8, 4) is 0 Å². The van der Waals surface area contributed by atoms with E-state index in [1.165, 1.54) is 0 Å². The van der Waals surface area contributed by atoms with E-state index in [2.05, 4.69) is 18.7 Å². The average molecular weight is 372 g/mol. The van der Waals surface area contributed by atoms with Crippen LogP contribution in [0, 0.1) is 17.8 Å². The van der Waals surface area contributed by atoms with Crippen molar-refractivity contribution in [3.63, 3.8) is 0 Å². The first-order valence-corrected chi connectivity index (χ1v) is 9.89. The van der Waals surface area contributed by atoms with Crippen LogP contribution in [0.1, 0.15) is 40.0 Å². The molecular weight excluding hydrogens is 334 g/mol. The summed E-state index contributed by atoms with van der Waals surface area (Å²) in [5.74, 6) is -0.628. The minimum absolute atomic E-state index is 0.0400. The van der Waals surface area contributed by atoms with Gasteiger partial charge in [0.15, 0.2) is 0 Å². The summed E-state index contributed by atoms with van der Waals surface area (Å²) in [4.78, 5) is 29.2. The highest BCUT2D eigenvalue weighted by atomic mass is 16.5. The third-order valence-corrected chi connectivity index (χ3v) is 4.96. The molecule has 0 bridgehead atoms. The molecule has 7 nitrogen and oxygen atoms in total. The number of aliphatic hydroxyl groups excluding tert-OH is 1. The van der Waals surface area contributed by atoms with Gasteiger partial charge in [0.1, 0.15) is 0 Å². The first-order valence-electron chi connectivity index (χ1n) is 9.89. The quantitative estimate of drug-likeness (QED) is 0.493. The topological polar surface area (TPSA) is 96.1 Å². The molecule has 1 aliphatic heterocycles. The zero-order valence-corrected chi connectivity index (χ0v) is 16.7. The molecule has 26 heavy (non-hydrogen) atoms. The number of hydrogen-bond donors (Lipinski definition) is 2. The van der Waals surface area contributed by atoms with Gasteiger partial charge < -0.3 is 20.5 Å². The van der Waals surface area contributed by atoms with Crippen molar-refractivity contribution in [1.29, 1.82) is 0 Å². The first kappa shape index (κ1) is 22.9. The molecule has 1 aliphatic rings. The SMILES string of the molecule is CCC[C@H](C(N)=O)[C@@H](CC(C)C)C(=O)N1CCN(CCOCCO)CC1. The number of ether oxygens (including phenoxy) is 1. The Morgan fingerprint density at radius 2 is 1.77 bits per heavy atom. The Hall–Kier alpha value is -1.18. The van der Waals surface area contributed by atoms with Crippen LogP contribution in [0.2, 0.25) is 0 Å². The smallest absolute Gasteiger partial charge is 0.226 e. The number of carbonyl (C=O) groups excluding carboxylic acids is 2. The second-order valence-electron chi connectivity index (χ2n) is 7.54. The maximum absolute atomic E-state index is 13.1. The van der Waals surface area contributed by atoms with Crippen LogP contribution >= 0.6 is 0 Å². The van der Waals surface area contributed by atoms with Gasteiger partial charge >= 0.3 is 0 Å². The summed E-state index contributed by atoms with van der Waals surface area (Å²) in [6.45, 7) is 10.9. The van der Waals surface area contributed by atoms with Crippen molar-refractivity contribution >= 4 is 11.8 Å². The molecule has 0 aromatic heterocycles. The lowest BCUT2D eigenvalue weighted by atomic mass is 9.81. The molecule has 0 aliphatic carbocycles. The Balaban J connectivity index is 2.61. The van der Waals surface area contributed by atoms with Crippen LogP contribution in [0.4, 0.5) is 0 Å². The average Bonchev–Trinajstić information content (AvgIpc) is 2.61. The number of nitrogens with zero attached hydrogens (tertiary/aromatic N) is 2. The normalized spacial score (nSPS) is 18.1. The van der Waals surface area contributed by atoms with Crippen molar-refractivity contribution in [1.82, 2.24) is 9.80 Å². The van der Waals surface area contributed by atoms with Gasteiger partial charge in [-0.3, -0.25) is 14.5 Å². The molecule has 2 amide bonds. The molecule has 0 aromatic rings. The monoisotopic (exact) mass is 371 g/mol. The van der Waals surface area contributed by atoms with E-state index in [0.29, 0.717) is 45.1 Å². The highest BCUT2D eigenvalue weighted by Crippen LogP contribution is 2.27. The molecule has 1 rings (SSSR count). The molecular formula is C19H37N3O4. The molecule has 0 saturated carbocycles. The molecule has 0 unspecified atom stereocenters. The van der Waals surface area contributed by atoms with E-state index < -0.39 is 0 Å². The van der Waals surface area contributed by atoms with Gasteiger partial charge in [-0.05, 0) is 18.8 Å². The van der Waals surface area contributed by atoms with Gasteiger partial charge in [-0.1, -0.05) is 27.2 Å². The fourth-order valence-electron chi connectivity index (χ4n) is 3.58. The Labute approximate surface area is 157 Å². The predicted octanol–water partition coefficient (Wildman–Crippen LogP) is 0.703. The van der Waals surface area contributed by atoms with E-state index >= 15 is 0 Å². The van der Waals surface area contributed by atoms with Gasteiger partial charge in [-0.25, -0.2) is 0 Å². The number of primary amides is 1. The van der Waals surface area contributed by atoms with Crippen LogP contribution in [0.15, 0.2) is 0 Å². The molecule has 1 fully saturated rings. The number of amides is 2. The second-order valence-corrected chi connectivity index (χ2v) is 7.54. The maximum Gasteiger partial charge on any atom is 0.226 e. The lowest BCUT2D eigenvalue weighted by molar-refractivity contribution is -0.143. The standard InChI is InChI=1S/C19H37N3O4/c1-4-5-16(18(20)24)17(14-15(2)3)19(25)22-8-6-21(7-9-22)10-12-26-13-11-23/h15-17,23H,4-14H2,1-3H3,(H2,20,24)/t16-,17+/m0/s1. The van der Waals surface area contributed by atoms with Crippen molar-refractivity contribution in [2.75, 3.05) is 52.5 Å². The van der Waals surface area contributed by atoms with Crippen LogP contribution in [0.25, 0.3) is 0 Å². The van der Waals surface area contributed by atoms with Crippen LogP contribution < -0.4 is 5.73 Å². The van der Waals surface area contributed by atoms with Gasteiger partial charge in [0, 0.05) is 44.6 Å². The number of nitrogens with two attached hydrogens (primary N) is 1. The maximum atomic E-state index is 13.1. The van der Waals surface area contributed by atoms with Gasteiger partial charge in [-0.15, -0.1) is 0 Å². The van der Waals surface area contributed by atoms with Crippen LogP contribution in [0.3, 0.4) is 0 Å². The van der Waals surface area contributed by atoms with Crippen LogP contribution in [-0.2, 0) is 14.3 Å². The van der Waals surface area contributed by atoms with Crippen molar-refractivity contribution in [3.05, 3.63) is 0 Å². The van der Waals surface area contributed by atoms with Gasteiger partial charge in [0.25, 0.3) is 0 Å². The minimum Gasteiger partial charge on any atom is -0.394 e. The lowest BCUT2D eigenvalue weighted by Gasteiger charge is -2.38. The Kier molecular flexibility index (Phi) is 10.8. The Morgan fingerprint density at radius 3 is 2.27 bits per heavy atom. The van der Waals surface area contributed by atoms with E-state index in [0.717, 1.165) is 26.1 Å². The molecule has 1 heterocycles. The number of hydrogen-bond acceptors (Lipinski definition) is 5. The van der Waals surface area contributed by atoms with E-state index in [1.807, 2.05) is 11.8 Å². The predicted molar refractivity (Wildman–Crippen MR) is 101 cm³/mol. The first-order chi connectivity index (χ1) is 12.4. The summed E-state index contributed by atoms with van der Waals surface area (Å²) in [5, 5.41) is 8.72. The number of carbonyl (C=O) groups is 2. The lowest BCUT2D eigenvalue weighted by Crippen LogP contribution is -2.52. The summed E-state index contributed by atoms with van der Waals surface area (Å²) >= 11 is 0. The second kappa shape index (κ2) is 12.3. The van der Waals surface area contributed by atoms with Crippen molar-refractivity contribution in [2.45, 2.75) is 40.0 Å². The number of piperazine rings is 1. The van der Waals surface area contributed by atoms with Crippen LogP contribution in [-0.4, -0.2) is 79.3 Å². The molecule has 1 saturated heterocycles. The summed E-state index contributed by atoms with van der Waals surface area (Å²) < 4.78 is 5.30. The Bertz CT molecular complexity index is 423. The summed E-state index contributed by atoms with van der Waals surface area (Å²) in [6, 6.07) is 0. The molecule has 0 aromatic carbocycles. The molecule has 3 N–H and O–H groups in total. The third-order valence-electron chi connectivity index (χ3n) is 4.96. The highest BCUT2D eigenvalue weighted by molar-refractivity contribution is 5.87. The summed E-state index contributed by atoms with van der Waals surface area (Å²) in [6.07, 6.45) is 2.21. The third kappa shape index (κ3) is 7.60. The van der Waals surface area contributed by atoms with E-state index in [9.17, 15) is 9.59 Å². The van der Waals surface area contributed by atoms with E-state index in [-0.39, 0.29) is 30.3 Å². The molecule has 0 spiro atoms. The van der Waals surface area contributed by atoms with Gasteiger partial charge in [0.2, 0.25) is 11.8 Å². The molecule has 7 heteroatoms. The molecule has 152 valence electrons. The summed E-state index contributed by atoms with van der Waals surface area (Å²) in [5.41, 5.74) is 5.62. The minimum atomic E-state index is -0.375. The largest absolute Gasteiger partial charge is 0.394 e. The van der Waals surface area contributed by atoms with Gasteiger partial charge in [-0.2, -0.15) is 0 Å². The summed E-state index contributed by atoms with van der Waals surface area (Å²) in [7, 11) is 0. The highest BCUT2D eigenvalue weighted by Gasteiger charge is 2.35. The molecule has 0 radical (unpaired) electrons. The van der Waals surface area contributed by atoms with Crippen molar-refractivity contribution < 1.29 is 19.4 Å². The van der Waals surface area contributed by atoms with Crippen molar-refractivity contribution in [2.24, 2.45) is 23.5 Å². The van der Waals surface area contributed by atoms with E-state index in [1.54, 1.807) is 0 Å². The molecule has 2 atom stereocenters.